The van der Waals surface area contributed by atoms with E-state index in [2.05, 4.69) is 5.32 Å². The van der Waals surface area contributed by atoms with Crippen LogP contribution in [0.15, 0.2) is 59.5 Å². The number of benzene rings is 2. The number of hydrogen-bond acceptors (Lipinski definition) is 3. The topological polar surface area (TPSA) is 49.4 Å². The summed E-state index contributed by atoms with van der Waals surface area (Å²) in [5, 5.41) is 3.09. The van der Waals surface area contributed by atoms with E-state index >= 15 is 0 Å². The van der Waals surface area contributed by atoms with Crippen LogP contribution in [0, 0.1) is 0 Å². The predicted molar refractivity (Wildman–Crippen MR) is 90.2 cm³/mol. The third-order valence-electron chi connectivity index (χ3n) is 3.17. The number of likely N-dealkylation sites (N-methyl/N-ethyl adjacent to an activating group) is 1. The Balaban J connectivity index is 1.99. The van der Waals surface area contributed by atoms with Crippen LogP contribution in [0.1, 0.15) is 5.56 Å². The summed E-state index contributed by atoms with van der Waals surface area (Å²) in [6.07, 6.45) is 0. The number of anilines is 1. The summed E-state index contributed by atoms with van der Waals surface area (Å²) >= 11 is 0. The van der Waals surface area contributed by atoms with Crippen LogP contribution in [0.5, 0.6) is 0 Å². The molecule has 1 amide bonds. The van der Waals surface area contributed by atoms with Crippen molar-refractivity contribution >= 4 is 22.4 Å². The van der Waals surface area contributed by atoms with Crippen molar-refractivity contribution in [2.75, 3.05) is 26.0 Å². The minimum absolute atomic E-state index is 0.0123. The number of hydrogen-bond donors (Lipinski definition) is 1. The van der Waals surface area contributed by atoms with Gasteiger partial charge in [-0.05, 0) is 29.8 Å². The fourth-order valence-electron chi connectivity index (χ4n) is 1.91. The van der Waals surface area contributed by atoms with Crippen LogP contribution in [0.25, 0.3) is 0 Å². The van der Waals surface area contributed by atoms with Crippen molar-refractivity contribution in [3.8, 4) is 0 Å². The van der Waals surface area contributed by atoms with Crippen LogP contribution in [0.2, 0.25) is 0 Å². The molecule has 2 aromatic rings. The van der Waals surface area contributed by atoms with Crippen molar-refractivity contribution in [3.63, 3.8) is 0 Å². The standard InChI is InChI=1S/C17H20N2O2S/c1-19(2)17(20)12-18-15-8-6-7-14(11-15)13-22(21)16-9-4-3-5-10-16/h3-11,18H,12-13H2,1-2H3/t22-/m0/s1. The van der Waals surface area contributed by atoms with Crippen molar-refractivity contribution < 1.29 is 9.00 Å². The Morgan fingerprint density at radius 2 is 1.82 bits per heavy atom. The van der Waals surface area contributed by atoms with Crippen molar-refractivity contribution in [2.45, 2.75) is 10.6 Å². The Labute approximate surface area is 133 Å². The molecule has 22 heavy (non-hydrogen) atoms. The molecule has 0 saturated carbocycles. The maximum Gasteiger partial charge on any atom is 0.241 e. The van der Waals surface area contributed by atoms with E-state index in [1.807, 2.05) is 54.6 Å². The molecule has 2 aromatic carbocycles. The first-order valence-corrected chi connectivity index (χ1v) is 8.34. The molecule has 1 N–H and O–H groups in total. The lowest BCUT2D eigenvalue weighted by atomic mass is 10.2. The minimum atomic E-state index is -1.07. The van der Waals surface area contributed by atoms with E-state index in [-0.39, 0.29) is 12.5 Å². The van der Waals surface area contributed by atoms with E-state index in [1.165, 1.54) is 0 Å². The molecule has 1 atom stereocenters. The van der Waals surface area contributed by atoms with E-state index in [1.54, 1.807) is 19.0 Å². The fourth-order valence-corrected chi connectivity index (χ4v) is 3.02. The Bertz CT molecular complexity index is 657. The average Bonchev–Trinajstić information content (AvgIpc) is 2.53. The normalized spacial score (nSPS) is 11.7. The van der Waals surface area contributed by atoms with Crippen LogP contribution in [0.3, 0.4) is 0 Å². The number of carbonyl (C=O) groups is 1. The van der Waals surface area contributed by atoms with Gasteiger partial charge in [-0.1, -0.05) is 30.3 Å². The lowest BCUT2D eigenvalue weighted by Crippen LogP contribution is -2.28. The monoisotopic (exact) mass is 316 g/mol. The number of nitrogens with one attached hydrogen (secondary N) is 1. The SMILES string of the molecule is CN(C)C(=O)CNc1cccc(C[S@](=O)c2ccccc2)c1. The quantitative estimate of drug-likeness (QED) is 0.891. The van der Waals surface area contributed by atoms with Crippen LogP contribution in [-0.2, 0) is 21.3 Å². The second kappa shape index (κ2) is 7.75. The zero-order valence-electron chi connectivity index (χ0n) is 12.8. The molecule has 2 rings (SSSR count). The molecule has 0 saturated heterocycles. The van der Waals surface area contributed by atoms with E-state index in [0.717, 1.165) is 16.1 Å². The number of amides is 1. The van der Waals surface area contributed by atoms with Gasteiger partial charge in [-0.25, -0.2) is 0 Å². The first-order chi connectivity index (χ1) is 10.6. The predicted octanol–water partition coefficient (Wildman–Crippen LogP) is 2.49. The average molecular weight is 316 g/mol. The third kappa shape index (κ3) is 4.70. The zero-order valence-corrected chi connectivity index (χ0v) is 13.6. The van der Waals surface area contributed by atoms with Crippen molar-refractivity contribution in [3.05, 3.63) is 60.2 Å². The van der Waals surface area contributed by atoms with Gasteiger partial charge in [-0.15, -0.1) is 0 Å². The van der Waals surface area contributed by atoms with Crippen molar-refractivity contribution in [1.82, 2.24) is 4.90 Å². The highest BCUT2D eigenvalue weighted by Crippen LogP contribution is 2.15. The van der Waals surface area contributed by atoms with Gasteiger partial charge in [0.05, 0.1) is 23.1 Å². The molecule has 0 radical (unpaired) electrons. The molecular weight excluding hydrogens is 296 g/mol. The number of carbonyl (C=O) groups excluding carboxylic acids is 1. The molecule has 5 heteroatoms. The molecule has 116 valence electrons. The van der Waals surface area contributed by atoms with Gasteiger partial charge in [0.2, 0.25) is 5.91 Å². The maximum atomic E-state index is 12.3. The summed E-state index contributed by atoms with van der Waals surface area (Å²) in [5.74, 6) is 0.472. The van der Waals surface area contributed by atoms with Gasteiger partial charge in [0.1, 0.15) is 0 Å². The maximum absolute atomic E-state index is 12.3. The molecular formula is C17H20N2O2S. The summed E-state index contributed by atoms with van der Waals surface area (Å²) in [4.78, 5) is 13.9. The van der Waals surface area contributed by atoms with E-state index in [0.29, 0.717) is 5.75 Å². The van der Waals surface area contributed by atoms with Gasteiger partial charge >= 0.3 is 0 Å². The Morgan fingerprint density at radius 3 is 2.50 bits per heavy atom. The summed E-state index contributed by atoms with van der Waals surface area (Å²) in [6.45, 7) is 0.248. The summed E-state index contributed by atoms with van der Waals surface area (Å²) < 4.78 is 12.3. The number of rotatable bonds is 6. The summed E-state index contributed by atoms with van der Waals surface area (Å²) in [6, 6.07) is 17.1. The smallest absolute Gasteiger partial charge is 0.241 e. The van der Waals surface area contributed by atoms with Crippen LogP contribution >= 0.6 is 0 Å². The lowest BCUT2D eigenvalue weighted by Gasteiger charge is -2.12. The zero-order chi connectivity index (χ0) is 15.9. The van der Waals surface area contributed by atoms with Gasteiger partial charge in [-0.2, -0.15) is 0 Å². The third-order valence-corrected chi connectivity index (χ3v) is 4.57. The Hall–Kier alpha value is -2.14. The first kappa shape index (κ1) is 16.2. The largest absolute Gasteiger partial charge is 0.376 e. The Kier molecular flexibility index (Phi) is 5.72. The van der Waals surface area contributed by atoms with E-state index < -0.39 is 10.8 Å². The molecule has 0 spiro atoms. The molecule has 0 aliphatic heterocycles. The lowest BCUT2D eigenvalue weighted by molar-refractivity contribution is -0.126. The van der Waals surface area contributed by atoms with Gasteiger partial charge in [0, 0.05) is 24.7 Å². The molecule has 0 fully saturated rings. The second-order valence-corrected chi connectivity index (χ2v) is 6.60. The highest BCUT2D eigenvalue weighted by molar-refractivity contribution is 7.84. The van der Waals surface area contributed by atoms with Crippen LogP contribution < -0.4 is 5.32 Å². The molecule has 0 heterocycles. The fraction of sp³-hybridized carbons (Fsp3) is 0.235. The van der Waals surface area contributed by atoms with E-state index in [4.69, 9.17) is 0 Å². The molecule has 0 aliphatic carbocycles. The highest BCUT2D eigenvalue weighted by atomic mass is 32.2. The number of nitrogens with zero attached hydrogens (tertiary/aromatic N) is 1. The van der Waals surface area contributed by atoms with Crippen molar-refractivity contribution in [1.29, 1.82) is 0 Å². The molecule has 0 bridgehead atoms. The minimum Gasteiger partial charge on any atom is -0.376 e. The highest BCUT2D eigenvalue weighted by Gasteiger charge is 2.06. The summed E-state index contributed by atoms with van der Waals surface area (Å²) in [7, 11) is 2.39. The van der Waals surface area contributed by atoms with E-state index in [9.17, 15) is 9.00 Å². The van der Waals surface area contributed by atoms with Crippen LogP contribution in [0.4, 0.5) is 5.69 Å². The molecule has 0 aromatic heterocycles. The molecule has 0 unspecified atom stereocenters. The van der Waals surface area contributed by atoms with Gasteiger partial charge in [0.25, 0.3) is 0 Å². The Morgan fingerprint density at radius 1 is 1.09 bits per heavy atom. The van der Waals surface area contributed by atoms with Gasteiger partial charge in [-0.3, -0.25) is 9.00 Å². The second-order valence-electron chi connectivity index (χ2n) is 5.15. The van der Waals surface area contributed by atoms with Crippen molar-refractivity contribution in [2.24, 2.45) is 0 Å². The first-order valence-electron chi connectivity index (χ1n) is 7.02. The van der Waals surface area contributed by atoms with Gasteiger partial charge in [0.15, 0.2) is 0 Å². The molecule has 4 nitrogen and oxygen atoms in total. The van der Waals surface area contributed by atoms with Crippen LogP contribution in [-0.4, -0.2) is 35.7 Å². The summed E-state index contributed by atoms with van der Waals surface area (Å²) in [5.41, 5.74) is 1.84. The molecule has 0 aliphatic rings. The van der Waals surface area contributed by atoms with Gasteiger partial charge < -0.3 is 10.2 Å².